The van der Waals surface area contributed by atoms with Crippen LogP contribution in [0, 0.1) is 0 Å². The van der Waals surface area contributed by atoms with Crippen LogP contribution in [0.3, 0.4) is 0 Å². The van der Waals surface area contributed by atoms with Crippen molar-refractivity contribution < 1.29 is 4.39 Å². The van der Waals surface area contributed by atoms with E-state index in [1.165, 1.54) is 0 Å². The van der Waals surface area contributed by atoms with Crippen LogP contribution in [0.5, 0.6) is 0 Å². The zero-order chi connectivity index (χ0) is 6.91. The molecule has 0 aromatic carbocycles. The molecule has 0 saturated heterocycles. The minimum atomic E-state index is -1.18. The highest BCUT2D eigenvalue weighted by Gasteiger charge is 2.28. The summed E-state index contributed by atoms with van der Waals surface area (Å²) < 4.78 is 11.9. The molecule has 0 radical (unpaired) electrons. The summed E-state index contributed by atoms with van der Waals surface area (Å²) in [6, 6.07) is 0. The average Bonchev–Trinajstić information content (AvgIpc) is 1.77. The Hall–Kier alpha value is 0.0700. The number of hydrogen-bond acceptors (Lipinski definition) is 1. The van der Waals surface area contributed by atoms with E-state index < -0.39 is 3.68 Å². The van der Waals surface area contributed by atoms with Crippen molar-refractivity contribution >= 4 is 28.8 Å². The highest BCUT2D eigenvalue weighted by atomic mass is 127. The molecule has 0 fully saturated rings. The summed E-state index contributed by atoms with van der Waals surface area (Å²) in [5, 5.41) is 0. The van der Waals surface area contributed by atoms with Crippen molar-refractivity contribution in [3.05, 3.63) is 11.8 Å². The first-order valence-corrected chi connectivity index (χ1v) is 3.77. The van der Waals surface area contributed by atoms with Crippen LogP contribution >= 0.6 is 22.6 Å². The lowest BCUT2D eigenvalue weighted by Gasteiger charge is -2.18. The largest absolute Gasteiger partial charge is 0.269 e. The first-order chi connectivity index (χ1) is 4.13. The van der Waals surface area contributed by atoms with Crippen LogP contribution < -0.4 is 0 Å². The minimum Gasteiger partial charge on any atom is -0.269 e. The van der Waals surface area contributed by atoms with Gasteiger partial charge in [-0.2, -0.15) is 0 Å². The molecule has 50 valence electrons. The van der Waals surface area contributed by atoms with Gasteiger partial charge in [-0.15, -0.1) is 0 Å². The maximum atomic E-state index is 13.1. The van der Waals surface area contributed by atoms with Gasteiger partial charge in [-0.05, 0) is 35.1 Å². The van der Waals surface area contributed by atoms with Crippen LogP contribution in [0.4, 0.5) is 4.39 Å². The Morgan fingerprint density at radius 3 is 2.89 bits per heavy atom. The van der Waals surface area contributed by atoms with Gasteiger partial charge in [0.1, 0.15) is 0 Å². The summed E-state index contributed by atoms with van der Waals surface area (Å²) in [7, 11) is 0. The van der Waals surface area contributed by atoms with Crippen molar-refractivity contribution in [2.24, 2.45) is 4.99 Å². The van der Waals surface area contributed by atoms with E-state index in [1.54, 1.807) is 41.9 Å². The lowest BCUT2D eigenvalue weighted by Crippen LogP contribution is -2.17. The monoisotopic (exact) mass is 239 g/mol. The van der Waals surface area contributed by atoms with Gasteiger partial charge in [0.05, 0.1) is 0 Å². The molecule has 1 aliphatic rings. The van der Waals surface area contributed by atoms with E-state index in [0.29, 0.717) is 12.0 Å². The van der Waals surface area contributed by atoms with Gasteiger partial charge in [-0.3, -0.25) is 4.99 Å². The van der Waals surface area contributed by atoms with E-state index in [2.05, 4.69) is 4.99 Å². The van der Waals surface area contributed by atoms with Crippen molar-refractivity contribution in [1.82, 2.24) is 0 Å². The van der Waals surface area contributed by atoms with E-state index in [9.17, 15) is 4.39 Å². The summed E-state index contributed by atoms with van der Waals surface area (Å²) in [5.74, 6) is 0. The lowest BCUT2D eigenvalue weighted by atomic mass is 10.1. The van der Waals surface area contributed by atoms with Crippen LogP contribution in [0.25, 0.3) is 0 Å². The maximum Gasteiger partial charge on any atom is 0.188 e. The number of hydrogen-bond donors (Lipinski definition) is 0. The number of aliphatic imine (C=N–C) groups is 1. The molecule has 1 aliphatic heterocycles. The molecule has 0 N–H and O–H groups in total. The van der Waals surface area contributed by atoms with Gasteiger partial charge in [0.2, 0.25) is 0 Å². The number of alkyl halides is 2. The van der Waals surface area contributed by atoms with E-state index in [1.807, 2.05) is 0 Å². The van der Waals surface area contributed by atoms with Gasteiger partial charge in [-0.25, -0.2) is 4.39 Å². The molecule has 1 heterocycles. The Kier molecular flexibility index (Phi) is 1.88. The molecule has 3 heteroatoms. The van der Waals surface area contributed by atoms with Crippen LogP contribution in [0.1, 0.15) is 13.3 Å². The summed E-state index contributed by atoms with van der Waals surface area (Å²) in [6.45, 7) is 1.75. The first kappa shape index (κ1) is 7.18. The fourth-order valence-corrected chi connectivity index (χ4v) is 0.924. The van der Waals surface area contributed by atoms with Crippen molar-refractivity contribution in [3.63, 3.8) is 0 Å². The Bertz CT molecular complexity index is 172. The molecule has 0 aliphatic carbocycles. The molecule has 0 spiro atoms. The zero-order valence-corrected chi connectivity index (χ0v) is 7.22. The van der Waals surface area contributed by atoms with Gasteiger partial charge in [-0.1, -0.05) is 0 Å². The maximum absolute atomic E-state index is 13.1. The zero-order valence-electron chi connectivity index (χ0n) is 5.06. The van der Waals surface area contributed by atoms with Crippen molar-refractivity contribution in [1.29, 1.82) is 0 Å². The fraction of sp³-hybridized carbons (Fsp3) is 0.500. The summed E-state index contributed by atoms with van der Waals surface area (Å²) in [5.41, 5.74) is 0.700. The molecular formula is C6H7FIN. The van der Waals surface area contributed by atoms with Gasteiger partial charge in [0.25, 0.3) is 0 Å². The van der Waals surface area contributed by atoms with Crippen molar-refractivity contribution in [3.8, 4) is 0 Å². The Morgan fingerprint density at radius 1 is 1.89 bits per heavy atom. The summed E-state index contributed by atoms with van der Waals surface area (Å²) in [6.07, 6.45) is 3.56. The quantitative estimate of drug-likeness (QED) is 0.454. The van der Waals surface area contributed by atoms with Crippen molar-refractivity contribution in [2.75, 3.05) is 0 Å². The van der Waals surface area contributed by atoms with E-state index in [0.717, 1.165) is 0 Å². The van der Waals surface area contributed by atoms with Gasteiger partial charge >= 0.3 is 0 Å². The van der Waals surface area contributed by atoms with E-state index >= 15 is 0 Å². The normalized spacial score (nSPS) is 34.3. The standard InChI is InChI=1S/C6H7FIN/c1-5-4-9-3-2-6(5,7)8/h3-4H,2H2,1H3. The first-order valence-electron chi connectivity index (χ1n) is 2.69. The number of halogens is 2. The molecule has 0 saturated carbocycles. The summed E-state index contributed by atoms with van der Waals surface area (Å²) in [4.78, 5) is 3.82. The lowest BCUT2D eigenvalue weighted by molar-refractivity contribution is 0.370. The molecule has 0 aromatic rings. The number of nitrogens with zero attached hydrogens (tertiary/aromatic N) is 1. The van der Waals surface area contributed by atoms with Crippen molar-refractivity contribution in [2.45, 2.75) is 17.0 Å². The average molecular weight is 239 g/mol. The Labute approximate surface area is 67.2 Å². The number of allylic oxidation sites excluding steroid dienone is 1. The van der Waals surface area contributed by atoms with Crippen LogP contribution in [0.15, 0.2) is 16.8 Å². The molecule has 0 bridgehead atoms. The van der Waals surface area contributed by atoms with Gasteiger partial charge < -0.3 is 0 Å². The van der Waals surface area contributed by atoms with Gasteiger partial charge in [0, 0.05) is 18.8 Å². The second kappa shape index (κ2) is 2.36. The van der Waals surface area contributed by atoms with E-state index in [4.69, 9.17) is 0 Å². The third-order valence-corrected chi connectivity index (χ3v) is 2.59. The third kappa shape index (κ3) is 1.50. The van der Waals surface area contributed by atoms with Crippen LogP contribution in [0.2, 0.25) is 0 Å². The molecular weight excluding hydrogens is 232 g/mol. The second-order valence-corrected chi connectivity index (χ2v) is 3.76. The molecule has 1 rings (SSSR count). The molecule has 1 unspecified atom stereocenters. The van der Waals surface area contributed by atoms with Crippen LogP contribution in [-0.4, -0.2) is 9.89 Å². The topological polar surface area (TPSA) is 12.4 Å². The second-order valence-electron chi connectivity index (χ2n) is 2.05. The van der Waals surface area contributed by atoms with Crippen LogP contribution in [-0.2, 0) is 0 Å². The molecule has 9 heavy (non-hydrogen) atoms. The Balaban J connectivity index is 2.83. The Morgan fingerprint density at radius 2 is 2.56 bits per heavy atom. The molecule has 0 aromatic heterocycles. The molecule has 1 atom stereocenters. The SMILES string of the molecule is CC1=CN=CCC1(F)I. The highest BCUT2D eigenvalue weighted by molar-refractivity contribution is 14.1. The highest BCUT2D eigenvalue weighted by Crippen LogP contribution is 2.34. The minimum absolute atomic E-state index is 0.399. The third-order valence-electron chi connectivity index (χ3n) is 1.30. The smallest absolute Gasteiger partial charge is 0.188 e. The predicted octanol–water partition coefficient (Wildman–Crippen LogP) is 2.47. The number of rotatable bonds is 0. The van der Waals surface area contributed by atoms with Gasteiger partial charge in [0.15, 0.2) is 3.68 Å². The fourth-order valence-electron chi connectivity index (χ4n) is 0.587. The molecule has 0 amide bonds. The predicted molar refractivity (Wildman–Crippen MR) is 44.7 cm³/mol. The summed E-state index contributed by atoms with van der Waals surface area (Å²) >= 11 is 1.79. The molecule has 1 nitrogen and oxygen atoms in total. The van der Waals surface area contributed by atoms with E-state index in [-0.39, 0.29) is 0 Å².